The van der Waals surface area contributed by atoms with Crippen molar-refractivity contribution in [2.45, 2.75) is 12.6 Å². The minimum Gasteiger partial charge on any atom is -0.493 e. The van der Waals surface area contributed by atoms with Crippen molar-refractivity contribution in [2.75, 3.05) is 19.0 Å². The molecule has 1 aliphatic rings. The Bertz CT molecular complexity index is 1630. The first-order valence-electron chi connectivity index (χ1n) is 12.6. The highest BCUT2D eigenvalue weighted by atomic mass is 16.6. The number of fused-ring (bicyclic) bond motifs is 1. The number of nitrogens with zero attached hydrogens (tertiary/aromatic N) is 3. The van der Waals surface area contributed by atoms with E-state index >= 15 is 0 Å². The molecule has 0 saturated heterocycles. The van der Waals surface area contributed by atoms with E-state index in [-0.39, 0.29) is 47.0 Å². The molecule has 1 N–H and O–H groups in total. The van der Waals surface area contributed by atoms with Gasteiger partial charge in [-0.1, -0.05) is 42.5 Å². The summed E-state index contributed by atoms with van der Waals surface area (Å²) in [6.45, 7) is -0.0454. The van der Waals surface area contributed by atoms with Crippen molar-refractivity contribution < 1.29 is 24.0 Å². The van der Waals surface area contributed by atoms with Crippen LogP contribution in [0.3, 0.4) is 0 Å². The van der Waals surface area contributed by atoms with E-state index in [2.05, 4.69) is 5.32 Å². The fraction of sp³-hybridized carbons (Fsp3) is 0.129. The molecule has 1 atom stereocenters. The monoisotopic (exact) mass is 548 g/mol. The zero-order valence-electron chi connectivity index (χ0n) is 21.9. The molecular formula is C31H24N4O6. The Labute approximate surface area is 235 Å². The van der Waals surface area contributed by atoms with Crippen molar-refractivity contribution in [3.8, 4) is 17.6 Å². The lowest BCUT2D eigenvalue weighted by Crippen LogP contribution is -2.36. The fourth-order valence-corrected chi connectivity index (χ4v) is 4.66. The molecule has 1 heterocycles. The van der Waals surface area contributed by atoms with E-state index in [9.17, 15) is 19.7 Å². The Morgan fingerprint density at radius 2 is 1.56 bits per heavy atom. The summed E-state index contributed by atoms with van der Waals surface area (Å²) in [5, 5.41) is 24.7. The van der Waals surface area contributed by atoms with E-state index in [1.165, 1.54) is 19.2 Å². The molecule has 4 aromatic rings. The summed E-state index contributed by atoms with van der Waals surface area (Å²) < 4.78 is 11.4. The van der Waals surface area contributed by atoms with Gasteiger partial charge in [0.2, 0.25) is 0 Å². The average molecular weight is 549 g/mol. The van der Waals surface area contributed by atoms with Gasteiger partial charge in [0.05, 0.1) is 59.0 Å². The number of anilines is 1. The van der Waals surface area contributed by atoms with E-state index in [0.717, 1.165) is 10.5 Å². The lowest BCUT2D eigenvalue weighted by atomic mass is 10.0. The van der Waals surface area contributed by atoms with E-state index in [0.29, 0.717) is 11.3 Å². The zero-order valence-corrected chi connectivity index (χ0v) is 21.9. The van der Waals surface area contributed by atoms with Crippen LogP contribution in [0.5, 0.6) is 11.5 Å². The second-order valence-electron chi connectivity index (χ2n) is 9.25. The number of carbonyl (C=O) groups is 2. The number of nitriles is 1. The molecule has 0 bridgehead atoms. The third kappa shape index (κ3) is 5.55. The van der Waals surface area contributed by atoms with Gasteiger partial charge in [-0.25, -0.2) is 0 Å². The van der Waals surface area contributed by atoms with Crippen LogP contribution in [0.15, 0.2) is 91.0 Å². The van der Waals surface area contributed by atoms with Crippen molar-refractivity contribution in [1.29, 1.82) is 5.26 Å². The summed E-state index contributed by atoms with van der Waals surface area (Å²) in [7, 11) is 1.42. The van der Waals surface area contributed by atoms with Gasteiger partial charge in [0.1, 0.15) is 6.61 Å². The lowest BCUT2D eigenvalue weighted by molar-refractivity contribution is -0.385. The van der Waals surface area contributed by atoms with Crippen LogP contribution in [0.2, 0.25) is 0 Å². The maximum atomic E-state index is 13.2. The third-order valence-electron chi connectivity index (χ3n) is 6.72. The Balaban J connectivity index is 1.54. The number of benzene rings is 4. The average Bonchev–Trinajstić information content (AvgIpc) is 3.24. The predicted octanol–water partition coefficient (Wildman–Crippen LogP) is 5.50. The topological polar surface area (TPSA) is 135 Å². The van der Waals surface area contributed by atoms with Crippen LogP contribution in [0.25, 0.3) is 0 Å². The minimum absolute atomic E-state index is 0.162. The second-order valence-corrected chi connectivity index (χ2v) is 9.25. The highest BCUT2D eigenvalue weighted by Gasteiger charge is 2.38. The van der Waals surface area contributed by atoms with Crippen LogP contribution >= 0.6 is 0 Å². The minimum atomic E-state index is -0.914. The molecule has 0 aromatic heterocycles. The van der Waals surface area contributed by atoms with E-state index < -0.39 is 22.8 Å². The number of amides is 2. The Hall–Kier alpha value is -5.69. The molecule has 41 heavy (non-hydrogen) atoms. The van der Waals surface area contributed by atoms with Gasteiger partial charge in [0.25, 0.3) is 17.5 Å². The molecular weight excluding hydrogens is 524 g/mol. The van der Waals surface area contributed by atoms with Gasteiger partial charge in [-0.3, -0.25) is 24.6 Å². The Kier molecular flexibility index (Phi) is 7.60. The van der Waals surface area contributed by atoms with Gasteiger partial charge >= 0.3 is 0 Å². The Morgan fingerprint density at radius 3 is 2.15 bits per heavy atom. The van der Waals surface area contributed by atoms with Crippen LogP contribution < -0.4 is 14.8 Å². The van der Waals surface area contributed by atoms with Crippen LogP contribution in [-0.4, -0.2) is 35.3 Å². The quantitative estimate of drug-likeness (QED) is 0.156. The molecule has 0 spiro atoms. The van der Waals surface area contributed by atoms with Gasteiger partial charge in [-0.05, 0) is 48.0 Å². The maximum Gasteiger partial charge on any atom is 0.278 e. The lowest BCUT2D eigenvalue weighted by Gasteiger charge is -2.25. The predicted molar refractivity (Wildman–Crippen MR) is 150 cm³/mol. The number of carbonyl (C=O) groups excluding carboxylic acids is 2. The standard InChI is InChI=1S/C31H24N4O6/c1-40-28-15-25(27(35(38)39)16-29(28)41-19-21-7-3-2-4-8-21)26(33-22-13-11-20(17-32)12-14-22)18-34-30(36)23-9-5-6-10-24(23)31(34)37/h2-16,26,33H,18-19H2,1H3. The zero-order chi connectivity index (χ0) is 28.9. The van der Waals surface area contributed by atoms with Crippen LogP contribution in [-0.2, 0) is 6.61 Å². The third-order valence-corrected chi connectivity index (χ3v) is 6.72. The highest BCUT2D eigenvalue weighted by Crippen LogP contribution is 2.40. The largest absolute Gasteiger partial charge is 0.493 e. The molecule has 4 aromatic carbocycles. The molecule has 0 radical (unpaired) electrons. The number of ether oxygens (including phenoxy) is 2. The van der Waals surface area contributed by atoms with Gasteiger partial charge in [-0.15, -0.1) is 0 Å². The number of hydrogen-bond donors (Lipinski definition) is 1. The molecule has 10 heteroatoms. The van der Waals surface area contributed by atoms with Gasteiger partial charge < -0.3 is 14.8 Å². The highest BCUT2D eigenvalue weighted by molar-refractivity contribution is 6.21. The number of hydrogen-bond acceptors (Lipinski definition) is 8. The summed E-state index contributed by atoms with van der Waals surface area (Å²) >= 11 is 0. The molecule has 5 rings (SSSR count). The number of rotatable bonds is 10. The maximum absolute atomic E-state index is 13.2. The summed E-state index contributed by atoms with van der Waals surface area (Å²) in [5.74, 6) is -0.565. The van der Waals surface area contributed by atoms with Crippen molar-refractivity contribution in [1.82, 2.24) is 4.90 Å². The summed E-state index contributed by atoms with van der Waals surface area (Å²) in [6, 6.07) is 26.2. The van der Waals surface area contributed by atoms with E-state index in [4.69, 9.17) is 14.7 Å². The Morgan fingerprint density at radius 1 is 0.927 bits per heavy atom. The van der Waals surface area contributed by atoms with Crippen molar-refractivity contribution >= 4 is 23.2 Å². The molecule has 204 valence electrons. The molecule has 10 nitrogen and oxygen atoms in total. The van der Waals surface area contributed by atoms with Crippen molar-refractivity contribution in [3.05, 3.63) is 129 Å². The van der Waals surface area contributed by atoms with Gasteiger partial charge in [-0.2, -0.15) is 5.26 Å². The molecule has 1 aliphatic heterocycles. The number of nitro benzene ring substituents is 1. The molecule has 2 amide bonds. The fourth-order valence-electron chi connectivity index (χ4n) is 4.66. The number of nitrogens with one attached hydrogen (secondary N) is 1. The number of imide groups is 1. The molecule has 0 aliphatic carbocycles. The molecule has 1 unspecified atom stereocenters. The summed E-state index contributed by atoms with van der Waals surface area (Å²) in [5.41, 5.74) is 2.27. The normalized spacial score (nSPS) is 12.8. The molecule has 0 fully saturated rings. The SMILES string of the molecule is COc1cc(C(CN2C(=O)c3ccccc3C2=O)Nc2ccc(C#N)cc2)c([N+](=O)[O-])cc1OCc1ccccc1. The number of methoxy groups -OCH3 is 1. The first-order chi connectivity index (χ1) is 19.9. The first kappa shape index (κ1) is 26.9. The van der Waals surface area contributed by atoms with E-state index in [1.807, 2.05) is 36.4 Å². The first-order valence-corrected chi connectivity index (χ1v) is 12.6. The van der Waals surface area contributed by atoms with Crippen LogP contribution in [0.1, 0.15) is 43.4 Å². The summed E-state index contributed by atoms with van der Waals surface area (Å²) in [6.07, 6.45) is 0. The van der Waals surface area contributed by atoms with Crippen LogP contribution in [0, 0.1) is 21.4 Å². The van der Waals surface area contributed by atoms with Crippen molar-refractivity contribution in [3.63, 3.8) is 0 Å². The van der Waals surface area contributed by atoms with Crippen LogP contribution in [0.4, 0.5) is 11.4 Å². The van der Waals surface area contributed by atoms with Crippen molar-refractivity contribution in [2.24, 2.45) is 0 Å². The smallest absolute Gasteiger partial charge is 0.278 e. The van der Waals surface area contributed by atoms with E-state index in [1.54, 1.807) is 48.5 Å². The molecule has 0 saturated carbocycles. The van der Waals surface area contributed by atoms with Gasteiger partial charge in [0, 0.05) is 5.69 Å². The summed E-state index contributed by atoms with van der Waals surface area (Å²) in [4.78, 5) is 39.2. The van der Waals surface area contributed by atoms with Gasteiger partial charge in [0.15, 0.2) is 11.5 Å². The number of nitro groups is 1. The second kappa shape index (κ2) is 11.6.